The SMILES string of the molecule is CCCN1C[C@H](C)[C@H](OC)CN(C)C(=O)c2ccc(NC(=O)C3CCC3)cc2OC[C@H]1C. The van der Waals surface area contributed by atoms with Gasteiger partial charge in [0.1, 0.15) is 12.4 Å². The number of fused-ring (bicyclic) bond motifs is 1. The van der Waals surface area contributed by atoms with E-state index in [0.717, 1.165) is 38.8 Å². The second kappa shape index (κ2) is 11.1. The van der Waals surface area contributed by atoms with E-state index >= 15 is 0 Å². The van der Waals surface area contributed by atoms with E-state index in [9.17, 15) is 9.59 Å². The molecule has 0 bridgehead atoms. The number of carbonyl (C=O) groups excluding carboxylic acids is 2. The van der Waals surface area contributed by atoms with Gasteiger partial charge < -0.3 is 19.7 Å². The van der Waals surface area contributed by atoms with E-state index in [1.54, 1.807) is 37.3 Å². The van der Waals surface area contributed by atoms with Gasteiger partial charge in [-0.3, -0.25) is 14.5 Å². The van der Waals surface area contributed by atoms with Gasteiger partial charge in [-0.2, -0.15) is 0 Å². The molecule has 1 N–H and O–H groups in total. The lowest BCUT2D eigenvalue weighted by Crippen LogP contribution is -2.46. The van der Waals surface area contributed by atoms with Gasteiger partial charge in [-0.05, 0) is 50.8 Å². The maximum Gasteiger partial charge on any atom is 0.257 e. The summed E-state index contributed by atoms with van der Waals surface area (Å²) in [6.45, 7) is 9.35. The number of methoxy groups -OCH3 is 1. The monoisotopic (exact) mass is 445 g/mol. The zero-order chi connectivity index (χ0) is 23.3. The molecule has 1 aliphatic heterocycles. The van der Waals surface area contributed by atoms with Crippen LogP contribution in [0.15, 0.2) is 18.2 Å². The zero-order valence-corrected chi connectivity index (χ0v) is 20.2. The first kappa shape index (κ1) is 24.5. The second-order valence-electron chi connectivity index (χ2n) is 9.42. The van der Waals surface area contributed by atoms with Gasteiger partial charge in [0.2, 0.25) is 5.91 Å². The molecule has 32 heavy (non-hydrogen) atoms. The number of amides is 2. The van der Waals surface area contributed by atoms with Gasteiger partial charge in [0.05, 0.1) is 11.7 Å². The number of nitrogens with one attached hydrogen (secondary N) is 1. The first-order valence-electron chi connectivity index (χ1n) is 11.9. The van der Waals surface area contributed by atoms with Crippen molar-refractivity contribution < 1.29 is 19.1 Å². The molecule has 1 aliphatic carbocycles. The van der Waals surface area contributed by atoms with Crippen molar-refractivity contribution in [2.24, 2.45) is 11.8 Å². The molecule has 0 spiro atoms. The minimum atomic E-state index is -0.107. The predicted molar refractivity (Wildman–Crippen MR) is 126 cm³/mol. The van der Waals surface area contributed by atoms with Crippen molar-refractivity contribution in [1.82, 2.24) is 9.80 Å². The Kier molecular flexibility index (Phi) is 8.54. The molecule has 7 heteroatoms. The van der Waals surface area contributed by atoms with Crippen LogP contribution in [0.1, 0.15) is 56.8 Å². The second-order valence-corrected chi connectivity index (χ2v) is 9.42. The van der Waals surface area contributed by atoms with Gasteiger partial charge in [-0.1, -0.05) is 20.3 Å². The zero-order valence-electron chi connectivity index (χ0n) is 20.2. The minimum Gasteiger partial charge on any atom is -0.491 e. The van der Waals surface area contributed by atoms with Crippen molar-refractivity contribution in [3.8, 4) is 5.75 Å². The van der Waals surface area contributed by atoms with Crippen LogP contribution in [0.3, 0.4) is 0 Å². The molecule has 1 aromatic rings. The van der Waals surface area contributed by atoms with E-state index in [2.05, 4.69) is 31.0 Å². The van der Waals surface area contributed by atoms with Crippen molar-refractivity contribution in [3.63, 3.8) is 0 Å². The standard InChI is InChI=1S/C25H39N3O4/c1-6-12-28-14-17(2)23(31-5)15-27(4)25(30)21-11-10-20(13-22(21)32-16-18(28)3)26-24(29)19-8-7-9-19/h10-11,13,17-19,23H,6-9,12,14-16H2,1-5H3,(H,26,29)/t17-,18+,23+/m0/s1. The topological polar surface area (TPSA) is 71.1 Å². The quantitative estimate of drug-likeness (QED) is 0.749. The van der Waals surface area contributed by atoms with Crippen LogP contribution in [0.25, 0.3) is 0 Å². The number of benzene rings is 1. The summed E-state index contributed by atoms with van der Waals surface area (Å²) in [7, 11) is 3.52. The number of hydrogen-bond donors (Lipinski definition) is 1. The fourth-order valence-electron chi connectivity index (χ4n) is 4.44. The van der Waals surface area contributed by atoms with Gasteiger partial charge in [-0.25, -0.2) is 0 Å². The molecule has 7 nitrogen and oxygen atoms in total. The third-order valence-electron chi connectivity index (χ3n) is 6.83. The summed E-state index contributed by atoms with van der Waals surface area (Å²) in [5.41, 5.74) is 1.18. The van der Waals surface area contributed by atoms with Crippen molar-refractivity contribution in [2.45, 2.75) is 58.6 Å². The highest BCUT2D eigenvalue weighted by Gasteiger charge is 2.29. The van der Waals surface area contributed by atoms with Gasteiger partial charge in [0, 0.05) is 51.0 Å². The number of carbonyl (C=O) groups is 2. The largest absolute Gasteiger partial charge is 0.491 e. The van der Waals surface area contributed by atoms with E-state index in [1.807, 2.05) is 0 Å². The maximum atomic E-state index is 13.3. The smallest absolute Gasteiger partial charge is 0.257 e. The molecule has 3 rings (SSSR count). The number of rotatable bonds is 5. The highest BCUT2D eigenvalue weighted by molar-refractivity contribution is 5.99. The summed E-state index contributed by atoms with van der Waals surface area (Å²) in [5, 5.41) is 2.99. The van der Waals surface area contributed by atoms with E-state index in [0.29, 0.717) is 30.2 Å². The molecule has 0 aromatic heterocycles. The lowest BCUT2D eigenvalue weighted by atomic mass is 9.85. The predicted octanol–water partition coefficient (Wildman–Crippen LogP) is 3.64. The number of nitrogens with zero attached hydrogens (tertiary/aromatic N) is 2. The van der Waals surface area contributed by atoms with Crippen LogP contribution in [0.4, 0.5) is 5.69 Å². The molecule has 0 saturated heterocycles. The molecule has 0 radical (unpaired) electrons. The summed E-state index contributed by atoms with van der Waals surface area (Å²) in [5.74, 6) is 0.823. The normalized spacial score (nSPS) is 25.7. The van der Waals surface area contributed by atoms with Gasteiger partial charge in [-0.15, -0.1) is 0 Å². The third kappa shape index (κ3) is 5.81. The van der Waals surface area contributed by atoms with Crippen LogP contribution >= 0.6 is 0 Å². The number of ether oxygens (including phenoxy) is 2. The summed E-state index contributed by atoms with van der Waals surface area (Å²) in [6, 6.07) is 5.52. The van der Waals surface area contributed by atoms with Crippen LogP contribution in [0, 0.1) is 11.8 Å². The Hall–Kier alpha value is -2.12. The summed E-state index contributed by atoms with van der Waals surface area (Å²) >= 11 is 0. The van der Waals surface area contributed by atoms with Crippen molar-refractivity contribution in [2.75, 3.05) is 45.7 Å². The molecule has 1 saturated carbocycles. The van der Waals surface area contributed by atoms with E-state index in [1.165, 1.54) is 0 Å². The van der Waals surface area contributed by atoms with Gasteiger partial charge >= 0.3 is 0 Å². The minimum absolute atomic E-state index is 0.0483. The lowest BCUT2D eigenvalue weighted by Gasteiger charge is -2.36. The number of anilines is 1. The van der Waals surface area contributed by atoms with E-state index in [4.69, 9.17) is 9.47 Å². The van der Waals surface area contributed by atoms with Crippen LogP contribution in [-0.2, 0) is 9.53 Å². The Morgan fingerprint density at radius 1 is 1.25 bits per heavy atom. The van der Waals surface area contributed by atoms with Gasteiger partial charge in [0.25, 0.3) is 5.91 Å². The van der Waals surface area contributed by atoms with Gasteiger partial charge in [0.15, 0.2) is 0 Å². The highest BCUT2D eigenvalue weighted by Crippen LogP contribution is 2.30. The Labute approximate surface area is 192 Å². The number of likely N-dealkylation sites (N-methyl/N-ethyl adjacent to an activating group) is 1. The fraction of sp³-hybridized carbons (Fsp3) is 0.680. The molecular formula is C25H39N3O4. The first-order chi connectivity index (χ1) is 15.3. The van der Waals surface area contributed by atoms with Crippen LogP contribution in [0.5, 0.6) is 5.75 Å². The maximum absolute atomic E-state index is 13.3. The molecule has 0 unspecified atom stereocenters. The molecule has 1 heterocycles. The number of hydrogen-bond acceptors (Lipinski definition) is 5. The highest BCUT2D eigenvalue weighted by atomic mass is 16.5. The van der Waals surface area contributed by atoms with Crippen molar-refractivity contribution in [3.05, 3.63) is 23.8 Å². The molecule has 3 atom stereocenters. The van der Waals surface area contributed by atoms with Crippen molar-refractivity contribution >= 4 is 17.5 Å². The summed E-state index contributed by atoms with van der Waals surface area (Å²) in [4.78, 5) is 29.8. The molecule has 178 valence electrons. The summed E-state index contributed by atoms with van der Waals surface area (Å²) < 4.78 is 12.0. The first-order valence-corrected chi connectivity index (χ1v) is 11.9. The Morgan fingerprint density at radius 3 is 2.62 bits per heavy atom. The van der Waals surface area contributed by atoms with E-state index < -0.39 is 0 Å². The lowest BCUT2D eigenvalue weighted by molar-refractivity contribution is -0.122. The average molecular weight is 446 g/mol. The summed E-state index contributed by atoms with van der Waals surface area (Å²) in [6.07, 6.45) is 4.00. The molecule has 1 fully saturated rings. The third-order valence-corrected chi connectivity index (χ3v) is 6.83. The fourth-order valence-corrected chi connectivity index (χ4v) is 4.44. The average Bonchev–Trinajstić information content (AvgIpc) is 2.72. The Morgan fingerprint density at radius 2 is 2.00 bits per heavy atom. The van der Waals surface area contributed by atoms with Crippen molar-refractivity contribution in [1.29, 1.82) is 0 Å². The van der Waals surface area contributed by atoms with Crippen LogP contribution in [-0.4, -0.2) is 74.2 Å². The molecular weight excluding hydrogens is 406 g/mol. The van der Waals surface area contributed by atoms with Crippen LogP contribution in [0.2, 0.25) is 0 Å². The molecule has 2 amide bonds. The van der Waals surface area contributed by atoms with E-state index in [-0.39, 0.29) is 35.8 Å². The van der Waals surface area contributed by atoms with Crippen LogP contribution < -0.4 is 10.1 Å². The Balaban J connectivity index is 1.88. The molecule has 2 aliphatic rings. The Bertz CT molecular complexity index is 795. The molecule has 1 aromatic carbocycles.